The zero-order chi connectivity index (χ0) is 14.8. The van der Waals surface area contributed by atoms with Gasteiger partial charge in [-0.2, -0.15) is 0 Å². The number of benzene rings is 2. The molecule has 105 valence electrons. The van der Waals surface area contributed by atoms with Crippen molar-refractivity contribution >= 4 is 15.9 Å². The van der Waals surface area contributed by atoms with Gasteiger partial charge in [0.15, 0.2) is 0 Å². The first-order valence-corrected chi connectivity index (χ1v) is 6.56. The van der Waals surface area contributed by atoms with Gasteiger partial charge in [-0.15, -0.1) is 0 Å². The van der Waals surface area contributed by atoms with Gasteiger partial charge in [-0.25, -0.2) is 17.6 Å². The third-order valence-electron chi connectivity index (χ3n) is 2.74. The van der Waals surface area contributed by atoms with Gasteiger partial charge in [0.05, 0.1) is 6.42 Å². The van der Waals surface area contributed by atoms with Gasteiger partial charge in [-0.3, -0.25) is 0 Å². The molecule has 0 aliphatic carbocycles. The molecule has 0 amide bonds. The largest absolute Gasteiger partial charge is 0.280 e. The second-order valence-corrected chi connectivity index (χ2v) is 5.16. The van der Waals surface area contributed by atoms with E-state index in [2.05, 4.69) is 15.9 Å². The molecule has 2 aromatic carbocycles. The van der Waals surface area contributed by atoms with Crippen LogP contribution in [0.1, 0.15) is 23.1 Å². The van der Waals surface area contributed by atoms with Crippen molar-refractivity contribution in [2.45, 2.75) is 12.3 Å². The van der Waals surface area contributed by atoms with E-state index in [1.54, 1.807) is 0 Å². The summed E-state index contributed by atoms with van der Waals surface area (Å²) < 4.78 is 53.9. The van der Waals surface area contributed by atoms with Crippen LogP contribution in [0.3, 0.4) is 0 Å². The molecule has 0 bridgehead atoms. The van der Waals surface area contributed by atoms with Crippen molar-refractivity contribution in [3.05, 3.63) is 76.1 Å². The van der Waals surface area contributed by atoms with Crippen molar-refractivity contribution < 1.29 is 17.6 Å². The first kappa shape index (κ1) is 15.0. The first-order valence-electron chi connectivity index (χ1n) is 5.76. The molecule has 2 aromatic rings. The van der Waals surface area contributed by atoms with Crippen molar-refractivity contribution in [1.82, 2.24) is 0 Å². The van der Waals surface area contributed by atoms with Gasteiger partial charge in [0, 0.05) is 15.6 Å². The van der Waals surface area contributed by atoms with Gasteiger partial charge in [0.1, 0.15) is 0 Å². The average Bonchev–Trinajstić information content (AvgIpc) is 2.39. The third kappa shape index (κ3) is 3.60. The molecule has 0 N–H and O–H groups in total. The molecule has 0 aliphatic heterocycles. The summed E-state index contributed by atoms with van der Waals surface area (Å²) >= 11 is 3.17. The maximum Gasteiger partial charge on any atom is 0.280 e. The summed E-state index contributed by atoms with van der Waals surface area (Å²) in [6.45, 7) is 0. The van der Waals surface area contributed by atoms with Gasteiger partial charge in [0.25, 0.3) is 12.3 Å². The highest BCUT2D eigenvalue weighted by molar-refractivity contribution is 9.10. The smallest absolute Gasteiger partial charge is 0.205 e. The Morgan fingerprint density at radius 3 is 2.25 bits per heavy atom. The van der Waals surface area contributed by atoms with E-state index in [1.807, 2.05) is 0 Å². The van der Waals surface area contributed by atoms with Crippen LogP contribution < -0.4 is 0 Å². The number of halogens is 5. The monoisotopic (exact) mass is 345 g/mol. The molecular weight excluding hydrogens is 336 g/mol. The average molecular weight is 346 g/mol. The van der Waals surface area contributed by atoms with E-state index in [4.69, 9.17) is 0 Å². The second-order valence-electron chi connectivity index (χ2n) is 4.25. The minimum absolute atomic E-state index is 0.0655. The van der Waals surface area contributed by atoms with Gasteiger partial charge < -0.3 is 0 Å². The predicted octanol–water partition coefficient (Wildman–Crippen LogP) is 5.73. The van der Waals surface area contributed by atoms with Crippen molar-refractivity contribution in [1.29, 1.82) is 0 Å². The van der Waals surface area contributed by atoms with Crippen LogP contribution in [0.5, 0.6) is 0 Å². The highest BCUT2D eigenvalue weighted by Gasteiger charge is 2.32. The summed E-state index contributed by atoms with van der Waals surface area (Å²) in [6, 6.07) is 10.6. The zero-order valence-corrected chi connectivity index (χ0v) is 11.7. The Labute approximate surface area is 122 Å². The lowest BCUT2D eigenvalue weighted by Crippen LogP contribution is -2.14. The molecule has 5 heteroatoms. The molecule has 0 nitrogen and oxygen atoms in total. The fourth-order valence-corrected chi connectivity index (χ4v) is 2.01. The number of hydrogen-bond donors (Lipinski definition) is 0. The lowest BCUT2D eigenvalue weighted by Gasteiger charge is -2.17. The summed E-state index contributed by atoms with van der Waals surface area (Å²) in [7, 11) is 0. The van der Waals surface area contributed by atoms with Gasteiger partial charge in [-0.05, 0) is 23.8 Å². The van der Waals surface area contributed by atoms with E-state index in [1.165, 1.54) is 42.5 Å². The van der Waals surface area contributed by atoms with Crippen LogP contribution in [-0.2, 0) is 5.92 Å². The quantitative estimate of drug-likeness (QED) is 0.620. The van der Waals surface area contributed by atoms with Crippen LogP contribution in [0.4, 0.5) is 17.6 Å². The van der Waals surface area contributed by atoms with E-state index in [9.17, 15) is 17.6 Å². The summed E-state index contributed by atoms with van der Waals surface area (Å²) in [4.78, 5) is 0. The summed E-state index contributed by atoms with van der Waals surface area (Å²) in [6.07, 6.45) is -1.99. The topological polar surface area (TPSA) is 0 Å². The Morgan fingerprint density at radius 1 is 1.00 bits per heavy atom. The first-order chi connectivity index (χ1) is 9.38. The molecule has 0 fully saturated rings. The van der Waals surface area contributed by atoms with E-state index >= 15 is 0 Å². The summed E-state index contributed by atoms with van der Waals surface area (Å²) in [5, 5.41) is 0. The lowest BCUT2D eigenvalue weighted by atomic mass is 9.99. The number of hydrogen-bond acceptors (Lipinski definition) is 0. The zero-order valence-electron chi connectivity index (χ0n) is 10.2. The van der Waals surface area contributed by atoms with Crippen LogP contribution in [0.25, 0.3) is 0 Å². The molecule has 0 saturated carbocycles. The molecule has 2 rings (SSSR count). The molecule has 0 unspecified atom stereocenters. The summed E-state index contributed by atoms with van der Waals surface area (Å²) in [5.74, 6) is -3.22. The Hall–Kier alpha value is -1.36. The molecule has 0 atom stereocenters. The minimum atomic E-state index is -3.22. The Morgan fingerprint density at radius 2 is 1.65 bits per heavy atom. The normalized spacial score (nSPS) is 11.9. The Kier molecular flexibility index (Phi) is 4.48. The molecule has 1 radical (unpaired) electrons. The summed E-state index contributed by atoms with van der Waals surface area (Å²) in [5.41, 5.74) is -0.399. The number of rotatable bonds is 4. The molecule has 0 saturated heterocycles. The lowest BCUT2D eigenvalue weighted by molar-refractivity contribution is 0.0366. The third-order valence-corrected chi connectivity index (χ3v) is 3.27. The van der Waals surface area contributed by atoms with E-state index in [0.717, 1.165) is 6.07 Å². The molecule has 0 aliphatic rings. The van der Waals surface area contributed by atoms with E-state index < -0.39 is 12.3 Å². The Balaban J connectivity index is 2.23. The fourth-order valence-electron chi connectivity index (χ4n) is 1.75. The molecule has 0 spiro atoms. The van der Waals surface area contributed by atoms with Crippen LogP contribution in [-0.4, -0.2) is 0 Å². The second kappa shape index (κ2) is 5.95. The van der Waals surface area contributed by atoms with Crippen molar-refractivity contribution in [2.75, 3.05) is 0 Å². The molecular formula is C15H10BrF4. The minimum Gasteiger partial charge on any atom is -0.205 e. The van der Waals surface area contributed by atoms with Gasteiger partial charge in [0.2, 0.25) is 0 Å². The highest BCUT2D eigenvalue weighted by atomic mass is 79.9. The van der Waals surface area contributed by atoms with Crippen LogP contribution in [0.2, 0.25) is 0 Å². The van der Waals surface area contributed by atoms with Crippen LogP contribution >= 0.6 is 15.9 Å². The van der Waals surface area contributed by atoms with Crippen LogP contribution in [0.15, 0.2) is 53.0 Å². The van der Waals surface area contributed by atoms with E-state index in [-0.39, 0.29) is 16.7 Å². The fraction of sp³-hybridized carbons (Fsp3) is 0.133. The Bertz CT molecular complexity index is 579. The SMILES string of the molecule is FC(F)c1cccc([CH]C(F)(F)c2ccc(Br)cc2)c1. The highest BCUT2D eigenvalue weighted by Crippen LogP contribution is 2.35. The standard InChI is InChI=1S/C15H10BrF4/c16-13-6-4-12(5-7-13)15(19,20)9-10-2-1-3-11(8-10)14(17)18/h1-9,14H. The van der Waals surface area contributed by atoms with E-state index in [0.29, 0.717) is 10.9 Å². The van der Waals surface area contributed by atoms with Gasteiger partial charge >= 0.3 is 0 Å². The van der Waals surface area contributed by atoms with Crippen molar-refractivity contribution in [2.24, 2.45) is 0 Å². The maximum atomic E-state index is 14.0. The predicted molar refractivity (Wildman–Crippen MR) is 72.8 cm³/mol. The molecule has 20 heavy (non-hydrogen) atoms. The number of alkyl halides is 4. The van der Waals surface area contributed by atoms with Crippen LogP contribution in [0, 0.1) is 6.42 Å². The molecule has 0 aromatic heterocycles. The molecule has 0 heterocycles. The van der Waals surface area contributed by atoms with Crippen molar-refractivity contribution in [3.8, 4) is 0 Å². The van der Waals surface area contributed by atoms with Gasteiger partial charge in [-0.1, -0.05) is 46.3 Å². The maximum absolute atomic E-state index is 14.0. The van der Waals surface area contributed by atoms with Crippen molar-refractivity contribution in [3.63, 3.8) is 0 Å².